The number of hydrogen-bond acceptors (Lipinski definition) is 5. The van der Waals surface area contributed by atoms with Crippen LogP contribution in [0.15, 0.2) is 56.6 Å². The van der Waals surface area contributed by atoms with Crippen molar-refractivity contribution in [2.75, 3.05) is 6.61 Å². The normalized spacial score (nSPS) is 11.3. The minimum atomic E-state index is -0.518. The van der Waals surface area contributed by atoms with Crippen LogP contribution in [0.3, 0.4) is 0 Å². The molecule has 0 saturated heterocycles. The zero-order chi connectivity index (χ0) is 25.9. The molecule has 7 heteroatoms. The number of esters is 1. The Hall–Kier alpha value is -3.22. The summed E-state index contributed by atoms with van der Waals surface area (Å²) in [5.41, 5.74) is 0.554. The van der Waals surface area contributed by atoms with Crippen LogP contribution in [-0.4, -0.2) is 17.1 Å². The van der Waals surface area contributed by atoms with Gasteiger partial charge in [0.2, 0.25) is 0 Å². The van der Waals surface area contributed by atoms with Crippen molar-refractivity contribution in [3.05, 3.63) is 69.2 Å². The molecule has 0 bridgehead atoms. The Morgan fingerprint density at radius 2 is 1.53 bits per heavy atom. The molecule has 36 heavy (non-hydrogen) atoms. The van der Waals surface area contributed by atoms with Gasteiger partial charge in [-0.15, -0.1) is 0 Å². The first-order valence-electron chi connectivity index (χ1n) is 13.0. The Bertz CT molecular complexity index is 1240. The Balaban J connectivity index is 1.37. The predicted octanol–water partition coefficient (Wildman–Crippen LogP) is 6.47. The number of aromatic nitrogens is 1. The molecule has 3 aromatic rings. The number of pyridine rings is 1. The summed E-state index contributed by atoms with van der Waals surface area (Å²) in [4.78, 5) is 36.4. The second-order valence-corrected chi connectivity index (χ2v) is 9.58. The molecule has 2 heterocycles. The monoisotopic (exact) mass is 497 g/mol. The van der Waals surface area contributed by atoms with E-state index in [1.165, 1.54) is 43.2 Å². The zero-order valence-corrected chi connectivity index (χ0v) is 21.3. The van der Waals surface area contributed by atoms with Crippen molar-refractivity contribution in [3.63, 3.8) is 0 Å². The van der Waals surface area contributed by atoms with E-state index in [9.17, 15) is 18.8 Å². The van der Waals surface area contributed by atoms with E-state index in [0.717, 1.165) is 44.9 Å². The van der Waals surface area contributed by atoms with Gasteiger partial charge < -0.3 is 13.7 Å². The van der Waals surface area contributed by atoms with Gasteiger partial charge in [-0.1, -0.05) is 70.9 Å². The molecular weight excluding hydrogens is 461 g/mol. The molecule has 3 rings (SSSR count). The maximum absolute atomic E-state index is 13.2. The van der Waals surface area contributed by atoms with Gasteiger partial charge in [0.1, 0.15) is 5.82 Å². The van der Waals surface area contributed by atoms with E-state index >= 15 is 0 Å². The summed E-state index contributed by atoms with van der Waals surface area (Å²) in [7, 11) is 0. The number of carbonyl (C=O) groups excluding carboxylic acids is 1. The third-order valence-corrected chi connectivity index (χ3v) is 6.26. The van der Waals surface area contributed by atoms with Gasteiger partial charge in [0.05, 0.1) is 24.3 Å². The maximum atomic E-state index is 13.2. The molecule has 0 radical (unpaired) electrons. The van der Waals surface area contributed by atoms with Crippen molar-refractivity contribution in [2.45, 2.75) is 78.2 Å². The number of hydrogen-bond donors (Lipinski definition) is 0. The van der Waals surface area contributed by atoms with Crippen molar-refractivity contribution >= 4 is 16.9 Å². The van der Waals surface area contributed by atoms with E-state index in [1.807, 2.05) is 13.8 Å². The van der Waals surface area contributed by atoms with Crippen LogP contribution in [-0.2, 0) is 16.1 Å². The quantitative estimate of drug-likeness (QED) is 0.188. The van der Waals surface area contributed by atoms with Crippen molar-refractivity contribution < 1.29 is 18.3 Å². The second kappa shape index (κ2) is 13.8. The Morgan fingerprint density at radius 1 is 0.917 bits per heavy atom. The second-order valence-electron chi connectivity index (χ2n) is 9.58. The maximum Gasteiger partial charge on any atom is 0.344 e. The SMILES string of the molecule is CC(C)C(=O)OCCCCCCCCCCCn1cc2oc(=O)c(-c3ccc(F)cc3)cc2cc1=O. The number of fused-ring (bicyclic) bond motifs is 1. The topological polar surface area (TPSA) is 78.5 Å². The van der Waals surface area contributed by atoms with E-state index in [4.69, 9.17) is 9.15 Å². The molecule has 0 aliphatic heterocycles. The largest absolute Gasteiger partial charge is 0.465 e. The highest BCUT2D eigenvalue weighted by Gasteiger charge is 2.10. The van der Waals surface area contributed by atoms with E-state index in [2.05, 4.69) is 0 Å². The fraction of sp³-hybridized carbons (Fsp3) is 0.483. The molecule has 2 aromatic heterocycles. The van der Waals surface area contributed by atoms with Crippen LogP contribution >= 0.6 is 0 Å². The fourth-order valence-corrected chi connectivity index (χ4v) is 4.10. The summed E-state index contributed by atoms with van der Waals surface area (Å²) in [5.74, 6) is -0.570. The van der Waals surface area contributed by atoms with E-state index < -0.39 is 5.63 Å². The molecule has 0 amide bonds. The van der Waals surface area contributed by atoms with Gasteiger partial charge in [0, 0.05) is 18.0 Å². The zero-order valence-electron chi connectivity index (χ0n) is 21.3. The molecule has 0 spiro atoms. The molecular formula is C29H36FNO5. The van der Waals surface area contributed by atoms with Crippen LogP contribution in [0.2, 0.25) is 0 Å². The highest BCUT2D eigenvalue weighted by atomic mass is 19.1. The third kappa shape index (κ3) is 8.18. The number of ether oxygens (including phenoxy) is 1. The van der Waals surface area contributed by atoms with Crippen LogP contribution in [0.1, 0.15) is 71.6 Å². The molecule has 0 N–H and O–H groups in total. The van der Waals surface area contributed by atoms with Crippen molar-refractivity contribution in [3.8, 4) is 11.1 Å². The average molecular weight is 498 g/mol. The highest BCUT2D eigenvalue weighted by molar-refractivity contribution is 5.80. The third-order valence-electron chi connectivity index (χ3n) is 6.26. The molecule has 0 aliphatic carbocycles. The predicted molar refractivity (Wildman–Crippen MR) is 139 cm³/mol. The fourth-order valence-electron chi connectivity index (χ4n) is 4.10. The van der Waals surface area contributed by atoms with Crippen LogP contribution in [0, 0.1) is 11.7 Å². The molecule has 0 atom stereocenters. The van der Waals surface area contributed by atoms with Gasteiger partial charge in [-0.2, -0.15) is 0 Å². The van der Waals surface area contributed by atoms with Gasteiger partial charge >= 0.3 is 11.6 Å². The molecule has 0 saturated carbocycles. The van der Waals surface area contributed by atoms with E-state index in [1.54, 1.807) is 16.8 Å². The lowest BCUT2D eigenvalue weighted by Gasteiger charge is -2.08. The minimum absolute atomic E-state index is 0.0622. The molecule has 0 aliphatic rings. The van der Waals surface area contributed by atoms with Crippen molar-refractivity contribution in [1.29, 1.82) is 0 Å². The lowest BCUT2D eigenvalue weighted by molar-refractivity contribution is -0.147. The molecule has 194 valence electrons. The first kappa shape index (κ1) is 27.4. The summed E-state index contributed by atoms with van der Waals surface area (Å²) >= 11 is 0. The van der Waals surface area contributed by atoms with Crippen molar-refractivity contribution in [1.82, 2.24) is 4.57 Å². The minimum Gasteiger partial charge on any atom is -0.465 e. The molecule has 0 fully saturated rings. The summed E-state index contributed by atoms with van der Waals surface area (Å²) in [6.45, 7) is 4.78. The molecule has 0 unspecified atom stereocenters. The van der Waals surface area contributed by atoms with E-state index in [0.29, 0.717) is 35.2 Å². The van der Waals surface area contributed by atoms with E-state index in [-0.39, 0.29) is 23.3 Å². The summed E-state index contributed by atoms with van der Waals surface area (Å²) in [6.07, 6.45) is 11.3. The Kier molecular flexibility index (Phi) is 10.5. The smallest absolute Gasteiger partial charge is 0.344 e. The summed E-state index contributed by atoms with van der Waals surface area (Å²) < 4.78 is 25.4. The van der Waals surface area contributed by atoms with Crippen LogP contribution in [0.4, 0.5) is 4.39 Å². The number of nitrogens with zero attached hydrogens (tertiary/aromatic N) is 1. The Morgan fingerprint density at radius 3 is 2.17 bits per heavy atom. The first-order valence-corrected chi connectivity index (χ1v) is 13.0. The average Bonchev–Trinajstić information content (AvgIpc) is 2.85. The number of benzene rings is 1. The number of rotatable bonds is 14. The lowest BCUT2D eigenvalue weighted by atomic mass is 10.1. The molecule has 1 aromatic carbocycles. The van der Waals surface area contributed by atoms with Crippen LogP contribution < -0.4 is 11.2 Å². The summed E-state index contributed by atoms with van der Waals surface area (Å²) in [6, 6.07) is 8.70. The standard InChI is InChI=1S/C29H36FNO5/c1-21(2)28(33)35-17-11-9-7-5-3-4-6-8-10-16-31-20-26-23(19-27(31)32)18-25(29(34)36-26)22-12-14-24(30)15-13-22/h12-15,18-21H,3-11,16-17H2,1-2H3. The van der Waals surface area contributed by atoms with Gasteiger partial charge in [-0.05, 0) is 36.6 Å². The van der Waals surface area contributed by atoms with Gasteiger partial charge in [0.15, 0.2) is 5.58 Å². The van der Waals surface area contributed by atoms with Crippen LogP contribution in [0.25, 0.3) is 22.1 Å². The van der Waals surface area contributed by atoms with Crippen molar-refractivity contribution in [2.24, 2.45) is 5.92 Å². The van der Waals surface area contributed by atoms with Crippen LogP contribution in [0.5, 0.6) is 0 Å². The van der Waals surface area contributed by atoms with Gasteiger partial charge in [0.25, 0.3) is 5.56 Å². The number of carbonyl (C=O) groups is 1. The number of aryl methyl sites for hydroxylation is 1. The first-order chi connectivity index (χ1) is 17.3. The highest BCUT2D eigenvalue weighted by Crippen LogP contribution is 2.20. The van der Waals surface area contributed by atoms with Gasteiger partial charge in [-0.3, -0.25) is 9.59 Å². The van der Waals surface area contributed by atoms with Gasteiger partial charge in [-0.25, -0.2) is 9.18 Å². The number of unbranched alkanes of at least 4 members (excludes halogenated alkanes) is 8. The Labute approximate surface area is 211 Å². The lowest BCUT2D eigenvalue weighted by Crippen LogP contribution is -2.19. The summed E-state index contributed by atoms with van der Waals surface area (Å²) in [5, 5.41) is 0.549. The number of halogens is 1. The molecule has 6 nitrogen and oxygen atoms in total.